The highest BCUT2D eigenvalue weighted by Crippen LogP contribution is 2.25. The van der Waals surface area contributed by atoms with Gasteiger partial charge in [-0.3, -0.25) is 9.88 Å². The van der Waals surface area contributed by atoms with E-state index in [-0.39, 0.29) is 0 Å². The molecule has 5 heteroatoms. The molecule has 0 saturated heterocycles. The molecule has 2 heterocycles. The number of fused-ring (bicyclic) bond motifs is 1. The summed E-state index contributed by atoms with van der Waals surface area (Å²) < 4.78 is 0. The van der Waals surface area contributed by atoms with E-state index in [2.05, 4.69) is 21.3 Å². The Kier molecular flexibility index (Phi) is 4.68. The lowest BCUT2D eigenvalue weighted by Crippen LogP contribution is -2.36. The molecular formula is C15H18ClN3S. The maximum absolute atomic E-state index is 6.24. The zero-order chi connectivity index (χ0) is 13.8. The van der Waals surface area contributed by atoms with E-state index in [0.717, 1.165) is 44.2 Å². The van der Waals surface area contributed by atoms with Crippen molar-refractivity contribution in [3.63, 3.8) is 0 Å². The van der Waals surface area contributed by atoms with E-state index in [1.807, 2.05) is 23.8 Å². The van der Waals surface area contributed by atoms with Crippen LogP contribution in [-0.4, -0.2) is 29.5 Å². The van der Waals surface area contributed by atoms with Gasteiger partial charge in [0.05, 0.1) is 5.51 Å². The molecule has 0 spiro atoms. The monoisotopic (exact) mass is 307 g/mol. The minimum atomic E-state index is 0.918. The highest BCUT2D eigenvalue weighted by molar-refractivity contribution is 7.09. The van der Waals surface area contributed by atoms with Crippen LogP contribution in [0.4, 0.5) is 0 Å². The summed E-state index contributed by atoms with van der Waals surface area (Å²) >= 11 is 7.94. The lowest BCUT2D eigenvalue weighted by Gasteiger charge is -2.29. The van der Waals surface area contributed by atoms with Crippen LogP contribution in [0.3, 0.4) is 0 Å². The van der Waals surface area contributed by atoms with E-state index in [0.29, 0.717) is 0 Å². The van der Waals surface area contributed by atoms with Gasteiger partial charge in [0.15, 0.2) is 0 Å². The summed E-state index contributed by atoms with van der Waals surface area (Å²) in [6.07, 6.45) is 2.99. The number of hydrogen-bond donors (Lipinski definition) is 1. The zero-order valence-corrected chi connectivity index (χ0v) is 12.9. The maximum Gasteiger partial charge on any atom is 0.0794 e. The molecule has 1 aromatic carbocycles. The van der Waals surface area contributed by atoms with Gasteiger partial charge in [-0.25, -0.2) is 0 Å². The maximum atomic E-state index is 6.24. The Morgan fingerprint density at radius 2 is 2.35 bits per heavy atom. The summed E-state index contributed by atoms with van der Waals surface area (Å²) in [6, 6.07) is 6.23. The molecule has 0 bridgehead atoms. The van der Waals surface area contributed by atoms with Crippen molar-refractivity contribution in [2.24, 2.45) is 0 Å². The number of rotatable bonds is 5. The van der Waals surface area contributed by atoms with E-state index in [1.165, 1.54) is 16.0 Å². The number of halogens is 1. The zero-order valence-electron chi connectivity index (χ0n) is 11.3. The fourth-order valence-electron chi connectivity index (χ4n) is 2.59. The topological polar surface area (TPSA) is 28.2 Å². The van der Waals surface area contributed by atoms with Gasteiger partial charge in [-0.2, -0.15) is 0 Å². The van der Waals surface area contributed by atoms with Gasteiger partial charge in [-0.05, 0) is 23.6 Å². The van der Waals surface area contributed by atoms with Crippen LogP contribution in [0, 0.1) is 0 Å². The van der Waals surface area contributed by atoms with Gasteiger partial charge in [0, 0.05) is 48.8 Å². The molecule has 0 atom stereocenters. The van der Waals surface area contributed by atoms with Gasteiger partial charge in [-0.15, -0.1) is 11.3 Å². The molecule has 0 amide bonds. The van der Waals surface area contributed by atoms with E-state index in [9.17, 15) is 0 Å². The van der Waals surface area contributed by atoms with Crippen LogP contribution in [0.5, 0.6) is 0 Å². The highest BCUT2D eigenvalue weighted by atomic mass is 35.5. The van der Waals surface area contributed by atoms with E-state index < -0.39 is 0 Å². The number of hydrogen-bond acceptors (Lipinski definition) is 4. The van der Waals surface area contributed by atoms with Gasteiger partial charge >= 0.3 is 0 Å². The van der Waals surface area contributed by atoms with Crippen LogP contribution in [0.1, 0.15) is 16.0 Å². The highest BCUT2D eigenvalue weighted by Gasteiger charge is 2.17. The molecular weight excluding hydrogens is 290 g/mol. The average Bonchev–Trinajstić information content (AvgIpc) is 2.97. The first kappa shape index (κ1) is 14.0. The van der Waals surface area contributed by atoms with Crippen molar-refractivity contribution in [1.29, 1.82) is 0 Å². The number of nitrogens with zero attached hydrogens (tertiary/aromatic N) is 2. The summed E-state index contributed by atoms with van der Waals surface area (Å²) in [6.45, 7) is 5.11. The summed E-state index contributed by atoms with van der Waals surface area (Å²) in [5, 5.41) is 4.39. The third-order valence-electron chi connectivity index (χ3n) is 3.68. The molecule has 1 aliphatic heterocycles. The van der Waals surface area contributed by atoms with Crippen molar-refractivity contribution in [3.8, 4) is 0 Å². The van der Waals surface area contributed by atoms with Crippen LogP contribution < -0.4 is 5.32 Å². The Hall–Kier alpha value is -0.940. The fraction of sp³-hybridized carbons (Fsp3) is 0.400. The summed E-state index contributed by atoms with van der Waals surface area (Å²) in [5.41, 5.74) is 4.59. The molecule has 1 aromatic heterocycles. The molecule has 0 radical (unpaired) electrons. The predicted octanol–water partition coefficient (Wildman–Crippen LogP) is 2.94. The molecule has 3 rings (SSSR count). The molecule has 106 valence electrons. The number of aromatic nitrogens is 1. The second kappa shape index (κ2) is 6.68. The lowest BCUT2D eigenvalue weighted by atomic mass is 10.00. The Labute approximate surface area is 128 Å². The second-order valence-corrected chi connectivity index (χ2v) is 6.43. The SMILES string of the molecule is Clc1cccc2c1CCN(CCNCc1cncs1)C2. The number of nitrogens with one attached hydrogen (secondary N) is 1. The van der Waals surface area contributed by atoms with E-state index in [4.69, 9.17) is 11.6 Å². The normalized spacial score (nSPS) is 15.2. The quantitative estimate of drug-likeness (QED) is 0.861. The Bertz CT molecular complexity index is 556. The van der Waals surface area contributed by atoms with Gasteiger partial charge in [0.1, 0.15) is 0 Å². The molecule has 1 N–H and O–H groups in total. The van der Waals surface area contributed by atoms with Crippen molar-refractivity contribution >= 4 is 22.9 Å². The Balaban J connectivity index is 1.46. The van der Waals surface area contributed by atoms with Gasteiger partial charge in [-0.1, -0.05) is 23.7 Å². The first-order chi connectivity index (χ1) is 9.83. The van der Waals surface area contributed by atoms with Crippen molar-refractivity contribution in [2.75, 3.05) is 19.6 Å². The third kappa shape index (κ3) is 3.38. The second-order valence-electron chi connectivity index (χ2n) is 5.05. The van der Waals surface area contributed by atoms with Crippen LogP contribution in [0.15, 0.2) is 29.9 Å². The Morgan fingerprint density at radius 3 is 3.20 bits per heavy atom. The number of thiazole rings is 1. The van der Waals surface area contributed by atoms with Crippen molar-refractivity contribution in [3.05, 3.63) is 50.9 Å². The van der Waals surface area contributed by atoms with Crippen LogP contribution in [0.2, 0.25) is 5.02 Å². The first-order valence-corrected chi connectivity index (χ1v) is 8.15. The fourth-order valence-corrected chi connectivity index (χ4v) is 3.44. The third-order valence-corrected chi connectivity index (χ3v) is 4.81. The molecule has 20 heavy (non-hydrogen) atoms. The van der Waals surface area contributed by atoms with E-state index in [1.54, 1.807) is 11.3 Å². The molecule has 0 aliphatic carbocycles. The van der Waals surface area contributed by atoms with Crippen molar-refractivity contribution in [1.82, 2.24) is 15.2 Å². The largest absolute Gasteiger partial charge is 0.311 e. The van der Waals surface area contributed by atoms with Gasteiger partial charge in [0.2, 0.25) is 0 Å². The predicted molar refractivity (Wildman–Crippen MR) is 84.3 cm³/mol. The molecule has 2 aromatic rings. The Morgan fingerprint density at radius 1 is 1.40 bits per heavy atom. The number of benzene rings is 1. The lowest BCUT2D eigenvalue weighted by molar-refractivity contribution is 0.254. The molecule has 1 aliphatic rings. The van der Waals surface area contributed by atoms with Crippen molar-refractivity contribution in [2.45, 2.75) is 19.5 Å². The molecule has 0 saturated carbocycles. The minimum Gasteiger partial charge on any atom is -0.311 e. The van der Waals surface area contributed by atoms with Crippen LogP contribution in [0.25, 0.3) is 0 Å². The van der Waals surface area contributed by atoms with Crippen LogP contribution in [-0.2, 0) is 19.5 Å². The van der Waals surface area contributed by atoms with Gasteiger partial charge in [0.25, 0.3) is 0 Å². The van der Waals surface area contributed by atoms with E-state index >= 15 is 0 Å². The van der Waals surface area contributed by atoms with Gasteiger partial charge < -0.3 is 5.32 Å². The van der Waals surface area contributed by atoms with Crippen LogP contribution >= 0.6 is 22.9 Å². The summed E-state index contributed by atoms with van der Waals surface area (Å²) in [5.74, 6) is 0. The first-order valence-electron chi connectivity index (χ1n) is 6.89. The van der Waals surface area contributed by atoms with Crippen molar-refractivity contribution < 1.29 is 0 Å². The smallest absolute Gasteiger partial charge is 0.0794 e. The molecule has 3 nitrogen and oxygen atoms in total. The molecule has 0 unspecified atom stereocenters. The minimum absolute atomic E-state index is 0.918. The standard InChI is InChI=1S/C15H18ClN3S/c16-15-3-1-2-12-10-19(6-4-14(12)15)7-5-17-8-13-9-18-11-20-13/h1-3,9,11,17H,4-8,10H2. The summed E-state index contributed by atoms with van der Waals surface area (Å²) in [4.78, 5) is 7.86. The average molecular weight is 308 g/mol. The molecule has 0 fully saturated rings. The summed E-state index contributed by atoms with van der Waals surface area (Å²) in [7, 11) is 0.